The molecule has 1 aliphatic heterocycles. The Bertz CT molecular complexity index is 1120. The summed E-state index contributed by atoms with van der Waals surface area (Å²) in [5, 5.41) is 15.9. The third kappa shape index (κ3) is 6.01. The van der Waals surface area contributed by atoms with Crippen LogP contribution in [0.2, 0.25) is 0 Å². The molecule has 1 fully saturated rings. The second-order valence-electron chi connectivity index (χ2n) is 9.04. The van der Waals surface area contributed by atoms with Crippen LogP contribution in [-0.2, 0) is 6.61 Å². The summed E-state index contributed by atoms with van der Waals surface area (Å²) >= 11 is 0. The van der Waals surface area contributed by atoms with Crippen molar-refractivity contribution in [3.05, 3.63) is 77.1 Å². The van der Waals surface area contributed by atoms with E-state index in [-0.39, 0.29) is 12.5 Å². The van der Waals surface area contributed by atoms with Crippen molar-refractivity contribution in [1.82, 2.24) is 10.3 Å². The van der Waals surface area contributed by atoms with Crippen LogP contribution in [0.1, 0.15) is 52.7 Å². The van der Waals surface area contributed by atoms with E-state index in [1.54, 1.807) is 30.6 Å². The van der Waals surface area contributed by atoms with Crippen LogP contribution in [0.3, 0.4) is 0 Å². The number of nitrogens with one attached hydrogen (secondary N) is 2. The summed E-state index contributed by atoms with van der Waals surface area (Å²) in [6.07, 6.45) is 7.82. The van der Waals surface area contributed by atoms with Crippen molar-refractivity contribution < 1.29 is 14.6 Å². The molecule has 1 aliphatic rings. The molecule has 1 aromatic heterocycles. The molecule has 0 radical (unpaired) electrons. The number of nitrogens with zero attached hydrogens (tertiary/aromatic N) is 1. The first-order valence-corrected chi connectivity index (χ1v) is 12.0. The van der Waals surface area contributed by atoms with Crippen LogP contribution in [-0.4, -0.2) is 35.2 Å². The van der Waals surface area contributed by atoms with Crippen molar-refractivity contribution in [1.29, 1.82) is 0 Å². The van der Waals surface area contributed by atoms with Gasteiger partial charge in [0.05, 0.1) is 13.2 Å². The molecule has 6 nitrogen and oxygen atoms in total. The maximum atomic E-state index is 13.3. The molecule has 6 heteroatoms. The molecule has 4 rings (SSSR count). The minimum Gasteiger partial charge on any atom is -0.492 e. The first-order valence-electron chi connectivity index (χ1n) is 12.0. The number of pyridine rings is 1. The number of aromatic nitrogens is 1. The Kier molecular flexibility index (Phi) is 7.93. The average Bonchev–Trinajstić information content (AvgIpc) is 2.84. The van der Waals surface area contributed by atoms with Gasteiger partial charge >= 0.3 is 0 Å². The first-order chi connectivity index (χ1) is 16.5. The molecule has 1 atom stereocenters. The topological polar surface area (TPSA) is 83.5 Å². The predicted octanol–water partition coefficient (Wildman–Crippen LogP) is 5.02. The van der Waals surface area contributed by atoms with Crippen LogP contribution in [0, 0.1) is 13.8 Å². The summed E-state index contributed by atoms with van der Waals surface area (Å²) in [6.45, 7) is 5.60. The average molecular weight is 460 g/mol. The van der Waals surface area contributed by atoms with Gasteiger partial charge in [-0.15, -0.1) is 0 Å². The van der Waals surface area contributed by atoms with Gasteiger partial charge in [0.2, 0.25) is 0 Å². The zero-order valence-electron chi connectivity index (χ0n) is 19.9. The number of ether oxygens (including phenoxy) is 1. The molecule has 0 bridgehead atoms. The fourth-order valence-electron chi connectivity index (χ4n) is 4.52. The molecule has 1 unspecified atom stereocenters. The van der Waals surface area contributed by atoms with Crippen molar-refractivity contribution in [2.24, 2.45) is 0 Å². The molecule has 0 spiro atoms. The molecule has 3 aromatic rings. The number of piperidine rings is 1. The fourth-order valence-corrected chi connectivity index (χ4v) is 4.52. The van der Waals surface area contributed by atoms with Crippen molar-refractivity contribution >= 4 is 11.6 Å². The fraction of sp³-hybridized carbons (Fsp3) is 0.357. The van der Waals surface area contributed by atoms with Crippen LogP contribution in [0.4, 0.5) is 5.69 Å². The number of benzene rings is 2. The first kappa shape index (κ1) is 23.9. The van der Waals surface area contributed by atoms with Gasteiger partial charge in [0, 0.05) is 29.7 Å². The van der Waals surface area contributed by atoms with E-state index in [2.05, 4.69) is 47.7 Å². The van der Waals surface area contributed by atoms with E-state index >= 15 is 0 Å². The monoisotopic (exact) mass is 459 g/mol. The van der Waals surface area contributed by atoms with Gasteiger partial charge < -0.3 is 20.5 Å². The molecule has 3 N–H and O–H groups in total. The number of aryl methyl sites for hydroxylation is 2. The Morgan fingerprint density at radius 3 is 2.71 bits per heavy atom. The summed E-state index contributed by atoms with van der Waals surface area (Å²) in [7, 11) is 0. The molecular formula is C28H33N3O3. The lowest BCUT2D eigenvalue weighted by atomic mass is 9.99. The highest BCUT2D eigenvalue weighted by Gasteiger charge is 2.20. The number of aliphatic hydroxyl groups is 1. The zero-order chi connectivity index (χ0) is 23.9. The standard InChI is InChI=1S/C28H33N3O3/c1-19-12-20(2)14-22(13-19)25-16-29-17-26(27(25)34-11-9-23-7-3-4-10-30-23)28(33)31-24-8-5-6-21(15-24)18-32/h5-6,8,12-17,23,30,32H,3-4,7,9-11,18H2,1-2H3,(H,31,33). The largest absolute Gasteiger partial charge is 0.492 e. The van der Waals surface area contributed by atoms with Gasteiger partial charge in [-0.2, -0.15) is 0 Å². The molecular weight excluding hydrogens is 426 g/mol. The van der Waals surface area contributed by atoms with Crippen LogP contribution >= 0.6 is 0 Å². The van der Waals surface area contributed by atoms with Crippen molar-refractivity contribution in [3.63, 3.8) is 0 Å². The number of anilines is 1. The summed E-state index contributed by atoms with van der Waals surface area (Å²) < 4.78 is 6.33. The molecule has 2 heterocycles. The Hall–Kier alpha value is -3.22. The summed E-state index contributed by atoms with van der Waals surface area (Å²) in [6, 6.07) is 13.9. The third-order valence-corrected chi connectivity index (χ3v) is 6.17. The van der Waals surface area contributed by atoms with Crippen LogP contribution in [0.5, 0.6) is 5.75 Å². The molecule has 0 aliphatic carbocycles. The number of hydrogen-bond donors (Lipinski definition) is 3. The van der Waals surface area contributed by atoms with Crippen LogP contribution in [0.25, 0.3) is 11.1 Å². The SMILES string of the molecule is Cc1cc(C)cc(-c2cncc(C(=O)Nc3cccc(CO)c3)c2OCCC2CCCCN2)c1. The van der Waals surface area contributed by atoms with Crippen LogP contribution in [0.15, 0.2) is 54.9 Å². The quantitative estimate of drug-likeness (QED) is 0.441. The van der Waals surface area contributed by atoms with E-state index in [9.17, 15) is 9.90 Å². The lowest BCUT2D eigenvalue weighted by molar-refractivity contribution is 0.102. The number of carbonyl (C=O) groups is 1. The molecule has 34 heavy (non-hydrogen) atoms. The van der Waals surface area contributed by atoms with Gasteiger partial charge in [-0.3, -0.25) is 9.78 Å². The second kappa shape index (κ2) is 11.3. The minimum atomic E-state index is -0.292. The summed E-state index contributed by atoms with van der Waals surface area (Å²) in [5.41, 5.74) is 5.81. The summed E-state index contributed by atoms with van der Waals surface area (Å²) in [4.78, 5) is 17.7. The molecule has 1 saturated heterocycles. The second-order valence-corrected chi connectivity index (χ2v) is 9.04. The van der Waals surface area contributed by atoms with Crippen molar-refractivity contribution in [2.45, 2.75) is 52.2 Å². The van der Waals surface area contributed by atoms with Crippen molar-refractivity contribution in [2.75, 3.05) is 18.5 Å². The third-order valence-electron chi connectivity index (χ3n) is 6.17. The maximum Gasteiger partial charge on any atom is 0.261 e. The van der Waals surface area contributed by atoms with E-state index < -0.39 is 0 Å². The molecule has 1 amide bonds. The molecule has 178 valence electrons. The van der Waals surface area contributed by atoms with E-state index in [1.165, 1.54) is 12.8 Å². The minimum absolute atomic E-state index is 0.0863. The molecule has 0 saturated carbocycles. The summed E-state index contributed by atoms with van der Waals surface area (Å²) in [5.74, 6) is 0.256. The van der Waals surface area contributed by atoms with Crippen molar-refractivity contribution in [3.8, 4) is 16.9 Å². The van der Waals surface area contributed by atoms with E-state index in [0.29, 0.717) is 29.6 Å². The normalized spacial score (nSPS) is 15.7. The number of amides is 1. The lowest BCUT2D eigenvalue weighted by Gasteiger charge is -2.24. The highest BCUT2D eigenvalue weighted by Crippen LogP contribution is 2.34. The predicted molar refractivity (Wildman–Crippen MR) is 135 cm³/mol. The number of hydrogen-bond acceptors (Lipinski definition) is 5. The Morgan fingerprint density at radius 1 is 1.15 bits per heavy atom. The Balaban J connectivity index is 1.64. The van der Waals surface area contributed by atoms with Gasteiger partial charge in [-0.1, -0.05) is 47.9 Å². The van der Waals surface area contributed by atoms with Gasteiger partial charge in [0.15, 0.2) is 0 Å². The van der Waals surface area contributed by atoms with Gasteiger partial charge in [-0.05, 0) is 62.9 Å². The highest BCUT2D eigenvalue weighted by molar-refractivity contribution is 6.07. The van der Waals surface area contributed by atoms with Gasteiger partial charge in [0.1, 0.15) is 11.3 Å². The number of rotatable bonds is 8. The Morgan fingerprint density at radius 2 is 1.97 bits per heavy atom. The van der Waals surface area contributed by atoms with E-state index in [1.807, 2.05) is 6.07 Å². The number of carbonyl (C=O) groups excluding carboxylic acids is 1. The maximum absolute atomic E-state index is 13.3. The van der Waals surface area contributed by atoms with Gasteiger partial charge in [-0.25, -0.2) is 0 Å². The smallest absolute Gasteiger partial charge is 0.261 e. The van der Waals surface area contributed by atoms with Gasteiger partial charge in [0.25, 0.3) is 5.91 Å². The van der Waals surface area contributed by atoms with Crippen LogP contribution < -0.4 is 15.4 Å². The lowest BCUT2D eigenvalue weighted by Crippen LogP contribution is -2.35. The van der Waals surface area contributed by atoms with E-state index in [4.69, 9.17) is 4.74 Å². The number of aliphatic hydroxyl groups excluding tert-OH is 1. The molecule has 2 aromatic carbocycles. The highest BCUT2D eigenvalue weighted by atomic mass is 16.5. The van der Waals surface area contributed by atoms with E-state index in [0.717, 1.165) is 47.2 Å². The zero-order valence-corrected chi connectivity index (χ0v) is 19.9. The Labute approximate surface area is 201 Å².